The van der Waals surface area contributed by atoms with Crippen molar-refractivity contribution in [2.75, 3.05) is 0 Å². The molecule has 0 unspecified atom stereocenters. The number of fused-ring (bicyclic) bond motifs is 1. The summed E-state index contributed by atoms with van der Waals surface area (Å²) in [5.74, 6) is 0. The Morgan fingerprint density at radius 1 is 1.26 bits per heavy atom. The predicted molar refractivity (Wildman–Crippen MR) is 78.9 cm³/mol. The number of aryl methyl sites for hydroxylation is 2. The largest absolute Gasteiger partial charge is 0.294 e. The van der Waals surface area contributed by atoms with E-state index in [1.54, 1.807) is 10.9 Å². The first-order valence-corrected chi connectivity index (χ1v) is 7.02. The number of benzene rings is 1. The Bertz CT molecular complexity index is 801. The van der Waals surface area contributed by atoms with Crippen LogP contribution in [0.2, 0.25) is 0 Å². The Morgan fingerprint density at radius 2 is 2.11 bits per heavy atom. The fourth-order valence-electron chi connectivity index (χ4n) is 2.16. The second-order valence-corrected chi connectivity index (χ2v) is 5.64. The molecule has 1 aromatic carbocycles. The lowest BCUT2D eigenvalue weighted by Crippen LogP contribution is -2.20. The second kappa shape index (κ2) is 4.63. The van der Waals surface area contributed by atoms with E-state index in [-0.39, 0.29) is 5.56 Å². The maximum absolute atomic E-state index is 12.3. The monoisotopic (exact) mass is 270 g/mol. The van der Waals surface area contributed by atoms with E-state index in [1.807, 2.05) is 11.4 Å². The lowest BCUT2D eigenvalue weighted by Gasteiger charge is -2.09. The average molecular weight is 270 g/mol. The first-order valence-electron chi connectivity index (χ1n) is 6.14. The van der Waals surface area contributed by atoms with E-state index < -0.39 is 0 Å². The van der Waals surface area contributed by atoms with Crippen LogP contribution in [0.15, 0.2) is 40.8 Å². The number of hydrogen-bond acceptors (Lipinski definition) is 3. The van der Waals surface area contributed by atoms with Crippen LogP contribution in [-0.2, 0) is 6.54 Å². The third-order valence-corrected chi connectivity index (χ3v) is 4.12. The lowest BCUT2D eigenvalue weighted by molar-refractivity contribution is 0.745. The van der Waals surface area contributed by atoms with E-state index in [9.17, 15) is 4.79 Å². The molecule has 0 spiro atoms. The molecule has 2 aromatic heterocycles. The summed E-state index contributed by atoms with van der Waals surface area (Å²) >= 11 is 1.50. The van der Waals surface area contributed by atoms with Gasteiger partial charge in [0.2, 0.25) is 0 Å². The summed E-state index contributed by atoms with van der Waals surface area (Å²) < 4.78 is 1.68. The van der Waals surface area contributed by atoms with Crippen LogP contribution in [0, 0.1) is 13.8 Å². The number of aromatic nitrogens is 2. The summed E-state index contributed by atoms with van der Waals surface area (Å²) in [4.78, 5) is 17.5. The van der Waals surface area contributed by atoms with Gasteiger partial charge in [-0.05, 0) is 36.4 Å². The first kappa shape index (κ1) is 12.1. The highest BCUT2D eigenvalue weighted by Crippen LogP contribution is 2.15. The molecular weight excluding hydrogens is 256 g/mol. The van der Waals surface area contributed by atoms with Gasteiger partial charge < -0.3 is 0 Å². The molecule has 0 N–H and O–H groups in total. The minimum Gasteiger partial charge on any atom is -0.294 e. The van der Waals surface area contributed by atoms with E-state index in [4.69, 9.17) is 0 Å². The van der Waals surface area contributed by atoms with Crippen LogP contribution in [0.3, 0.4) is 0 Å². The highest BCUT2D eigenvalue weighted by molar-refractivity contribution is 7.16. The SMILES string of the molecule is Cc1ccc(C)c(Cn2cnc3sccc3c2=O)c1. The molecule has 3 nitrogen and oxygen atoms in total. The maximum Gasteiger partial charge on any atom is 0.262 e. The first-order chi connectivity index (χ1) is 9.15. The molecule has 0 radical (unpaired) electrons. The Morgan fingerprint density at radius 3 is 2.95 bits per heavy atom. The van der Waals surface area contributed by atoms with Gasteiger partial charge in [-0.3, -0.25) is 9.36 Å². The second-order valence-electron chi connectivity index (χ2n) is 4.75. The van der Waals surface area contributed by atoms with Gasteiger partial charge in [0.05, 0.1) is 18.3 Å². The van der Waals surface area contributed by atoms with Crippen LogP contribution in [0.5, 0.6) is 0 Å². The molecule has 3 aromatic rings. The van der Waals surface area contributed by atoms with Gasteiger partial charge in [0.15, 0.2) is 0 Å². The zero-order chi connectivity index (χ0) is 13.4. The molecule has 0 aliphatic rings. The van der Waals surface area contributed by atoms with Crippen LogP contribution >= 0.6 is 11.3 Å². The third kappa shape index (κ3) is 2.19. The molecule has 0 saturated heterocycles. The van der Waals surface area contributed by atoms with Gasteiger partial charge in [-0.25, -0.2) is 4.98 Å². The van der Waals surface area contributed by atoms with E-state index >= 15 is 0 Å². The fraction of sp³-hybridized carbons (Fsp3) is 0.200. The van der Waals surface area contributed by atoms with Crippen LogP contribution in [-0.4, -0.2) is 9.55 Å². The molecule has 0 fully saturated rings. The van der Waals surface area contributed by atoms with Crippen molar-refractivity contribution in [1.82, 2.24) is 9.55 Å². The molecule has 0 saturated carbocycles. The zero-order valence-corrected chi connectivity index (χ0v) is 11.7. The van der Waals surface area contributed by atoms with Crippen molar-refractivity contribution in [3.63, 3.8) is 0 Å². The van der Waals surface area contributed by atoms with Crippen molar-refractivity contribution in [2.24, 2.45) is 0 Å². The van der Waals surface area contributed by atoms with E-state index in [1.165, 1.54) is 28.0 Å². The molecule has 0 aliphatic carbocycles. The van der Waals surface area contributed by atoms with Crippen molar-refractivity contribution in [2.45, 2.75) is 20.4 Å². The number of thiophene rings is 1. The van der Waals surface area contributed by atoms with Crippen LogP contribution < -0.4 is 5.56 Å². The Balaban J connectivity index is 2.08. The molecule has 2 heterocycles. The highest BCUT2D eigenvalue weighted by Gasteiger charge is 2.06. The van der Waals surface area contributed by atoms with Crippen molar-refractivity contribution in [3.8, 4) is 0 Å². The summed E-state index contributed by atoms with van der Waals surface area (Å²) in [5, 5.41) is 2.61. The number of hydrogen-bond donors (Lipinski definition) is 0. The van der Waals surface area contributed by atoms with Crippen molar-refractivity contribution >= 4 is 21.6 Å². The maximum atomic E-state index is 12.3. The minimum absolute atomic E-state index is 0.0344. The predicted octanol–water partition coefficient (Wildman–Crippen LogP) is 3.12. The third-order valence-electron chi connectivity index (χ3n) is 3.30. The zero-order valence-electron chi connectivity index (χ0n) is 10.9. The van der Waals surface area contributed by atoms with E-state index in [0.29, 0.717) is 11.9 Å². The topological polar surface area (TPSA) is 34.9 Å². The fourth-order valence-corrected chi connectivity index (χ4v) is 2.88. The normalized spacial score (nSPS) is 11.1. The number of nitrogens with zero attached hydrogens (tertiary/aromatic N) is 2. The van der Waals surface area contributed by atoms with Gasteiger partial charge in [0.25, 0.3) is 5.56 Å². The Labute approximate surface area is 115 Å². The Hall–Kier alpha value is -1.94. The molecule has 3 rings (SSSR count). The van der Waals surface area contributed by atoms with Crippen LogP contribution in [0.25, 0.3) is 10.2 Å². The van der Waals surface area contributed by atoms with Crippen molar-refractivity contribution in [1.29, 1.82) is 0 Å². The van der Waals surface area contributed by atoms with Gasteiger partial charge in [0.1, 0.15) is 4.83 Å². The summed E-state index contributed by atoms with van der Waals surface area (Å²) in [6.45, 7) is 4.70. The highest BCUT2D eigenvalue weighted by atomic mass is 32.1. The molecular formula is C15H14N2OS. The van der Waals surface area contributed by atoms with Gasteiger partial charge in [0, 0.05) is 0 Å². The van der Waals surface area contributed by atoms with Crippen molar-refractivity contribution in [3.05, 3.63) is 63.0 Å². The molecule has 4 heteroatoms. The van der Waals surface area contributed by atoms with E-state index in [0.717, 1.165) is 4.83 Å². The molecule has 0 atom stereocenters. The molecule has 0 amide bonds. The average Bonchev–Trinajstić information content (AvgIpc) is 2.86. The summed E-state index contributed by atoms with van der Waals surface area (Å²) in [5.41, 5.74) is 3.60. The molecule has 0 aliphatic heterocycles. The molecule has 19 heavy (non-hydrogen) atoms. The smallest absolute Gasteiger partial charge is 0.262 e. The molecule has 0 bridgehead atoms. The standard InChI is InChI=1S/C15H14N2OS/c1-10-3-4-11(2)12(7-10)8-17-9-16-14-13(15(17)18)5-6-19-14/h3-7,9H,8H2,1-2H3. The van der Waals surface area contributed by atoms with Gasteiger partial charge in [-0.15, -0.1) is 11.3 Å². The summed E-state index contributed by atoms with van der Waals surface area (Å²) in [6, 6.07) is 8.14. The van der Waals surface area contributed by atoms with Crippen LogP contribution in [0.1, 0.15) is 16.7 Å². The number of rotatable bonds is 2. The Kier molecular flexibility index (Phi) is 2.95. The van der Waals surface area contributed by atoms with Crippen molar-refractivity contribution < 1.29 is 0 Å². The van der Waals surface area contributed by atoms with E-state index in [2.05, 4.69) is 37.0 Å². The van der Waals surface area contributed by atoms with Gasteiger partial charge in [-0.2, -0.15) is 0 Å². The summed E-state index contributed by atoms with van der Waals surface area (Å²) in [6.07, 6.45) is 1.64. The lowest BCUT2D eigenvalue weighted by atomic mass is 10.1. The quantitative estimate of drug-likeness (QED) is 0.717. The summed E-state index contributed by atoms with van der Waals surface area (Å²) in [7, 11) is 0. The minimum atomic E-state index is 0.0344. The van der Waals surface area contributed by atoms with Gasteiger partial charge in [-0.1, -0.05) is 23.8 Å². The van der Waals surface area contributed by atoms with Crippen LogP contribution in [0.4, 0.5) is 0 Å². The van der Waals surface area contributed by atoms with Gasteiger partial charge >= 0.3 is 0 Å². The molecule has 96 valence electrons.